The van der Waals surface area contributed by atoms with E-state index in [4.69, 9.17) is 0 Å². The van der Waals surface area contributed by atoms with Crippen LogP contribution in [0.25, 0.3) is 3.58 Å². The van der Waals surface area contributed by atoms with E-state index in [0.717, 1.165) is 5.56 Å². The van der Waals surface area contributed by atoms with E-state index in [2.05, 4.69) is 0 Å². The monoisotopic (exact) mass is 504 g/mol. The molecule has 0 spiro atoms. The fourth-order valence-electron chi connectivity index (χ4n) is 1.85. The first kappa shape index (κ1) is 23.1. The summed E-state index contributed by atoms with van der Waals surface area (Å²) < 4.78 is 115. The molecule has 0 unspecified atom stereocenters. The molecule has 0 N–H and O–H groups in total. The van der Waals surface area contributed by atoms with E-state index in [9.17, 15) is 39.5 Å². The molecule has 0 atom stereocenters. The Balaban J connectivity index is 3.28. The van der Waals surface area contributed by atoms with Crippen LogP contribution in [-0.4, -0.2) is 23.9 Å². The molecule has 0 nitrogen and oxygen atoms in total. The van der Waals surface area contributed by atoms with Crippen molar-refractivity contribution < 1.29 is 39.5 Å². The second kappa shape index (κ2) is 6.90. The van der Waals surface area contributed by atoms with E-state index >= 15 is 0 Å². The molecule has 148 valence electrons. The molecule has 0 amide bonds. The van der Waals surface area contributed by atoms with Crippen LogP contribution in [0.5, 0.6) is 0 Å². The fourth-order valence-corrected chi connectivity index (χ4v) is 2.60. The third-order valence-corrected chi connectivity index (χ3v) is 4.44. The van der Waals surface area contributed by atoms with Gasteiger partial charge in [-0.15, -0.1) is 0 Å². The number of alkyl halides is 9. The van der Waals surface area contributed by atoms with Crippen LogP contribution in [0.4, 0.5) is 39.5 Å². The lowest BCUT2D eigenvalue weighted by molar-refractivity contribution is -0.388. The average molecular weight is 504 g/mol. The molecule has 0 fully saturated rings. The van der Waals surface area contributed by atoms with E-state index < -0.39 is 33.6 Å². The highest BCUT2D eigenvalue weighted by Crippen LogP contribution is 2.54. The maximum Gasteiger partial charge on any atom is 0.460 e. The summed E-state index contributed by atoms with van der Waals surface area (Å²) in [5.74, 6) is -19.3. The van der Waals surface area contributed by atoms with Crippen LogP contribution in [0.2, 0.25) is 0 Å². The number of hydrogen-bond donors (Lipinski definition) is 0. The normalized spacial score (nSPS) is 15.3. The van der Waals surface area contributed by atoms with E-state index in [1.165, 1.54) is 46.9 Å². The van der Waals surface area contributed by atoms with Gasteiger partial charge in [0.2, 0.25) is 0 Å². The van der Waals surface area contributed by atoms with Gasteiger partial charge < -0.3 is 0 Å². The van der Waals surface area contributed by atoms with Gasteiger partial charge in [0.25, 0.3) is 0 Å². The molecular weight excluding hydrogens is 490 g/mol. The Morgan fingerprint density at radius 2 is 1.19 bits per heavy atom. The Kier molecular flexibility index (Phi) is 6.13. The highest BCUT2D eigenvalue weighted by atomic mass is 127. The van der Waals surface area contributed by atoms with Gasteiger partial charge in [-0.05, 0) is 39.1 Å². The van der Waals surface area contributed by atoms with E-state index in [0.29, 0.717) is 0 Å². The molecule has 0 saturated heterocycles. The quantitative estimate of drug-likeness (QED) is 0.300. The van der Waals surface area contributed by atoms with Gasteiger partial charge in [0.15, 0.2) is 0 Å². The van der Waals surface area contributed by atoms with Crippen molar-refractivity contribution in [2.24, 2.45) is 0 Å². The summed E-state index contributed by atoms with van der Waals surface area (Å²) in [7, 11) is 0. The summed E-state index contributed by atoms with van der Waals surface area (Å²) in [4.78, 5) is 0. The third-order valence-electron chi connectivity index (χ3n) is 3.50. The van der Waals surface area contributed by atoms with Crippen molar-refractivity contribution in [1.29, 1.82) is 0 Å². The number of rotatable bonds is 4. The number of benzene rings is 1. The summed E-state index contributed by atoms with van der Waals surface area (Å²) in [5.41, 5.74) is 0.468. The van der Waals surface area contributed by atoms with Crippen LogP contribution in [0.3, 0.4) is 0 Å². The zero-order valence-electron chi connectivity index (χ0n) is 13.7. The first-order valence-corrected chi connectivity index (χ1v) is 8.12. The van der Waals surface area contributed by atoms with Crippen LogP contribution in [0.1, 0.15) is 31.9 Å². The first-order valence-electron chi connectivity index (χ1n) is 7.04. The molecule has 0 radical (unpaired) electrons. The zero-order valence-corrected chi connectivity index (χ0v) is 15.8. The third kappa shape index (κ3) is 4.30. The molecular formula is C16H14F9I. The molecule has 0 aromatic heterocycles. The fraction of sp³-hybridized carbons (Fsp3) is 0.500. The summed E-state index contributed by atoms with van der Waals surface area (Å²) in [5, 5.41) is 0. The van der Waals surface area contributed by atoms with Crippen LogP contribution in [-0.2, 0) is 5.41 Å². The van der Waals surface area contributed by atoms with Crippen molar-refractivity contribution in [2.75, 3.05) is 0 Å². The minimum atomic E-state index is -6.90. The molecule has 0 aliphatic heterocycles. The summed E-state index contributed by atoms with van der Waals surface area (Å²) in [6.07, 6.45) is -7.41. The predicted molar refractivity (Wildman–Crippen MR) is 88.0 cm³/mol. The van der Waals surface area contributed by atoms with Gasteiger partial charge in [-0.25, -0.2) is 0 Å². The number of halogens is 10. The lowest BCUT2D eigenvalue weighted by atomic mass is 9.86. The highest BCUT2D eigenvalue weighted by Gasteiger charge is 2.81. The zero-order chi connectivity index (χ0) is 20.8. The standard InChI is InChI=1S/C16H14F9I/c1-12(2,3)10-6-4-9(5-7-10)11(26)8-13(17,18)14(19,20)15(21,22)16(23,24)25/h4-8H,1-3H3/b11-8+. The molecule has 26 heavy (non-hydrogen) atoms. The molecule has 0 saturated carbocycles. The molecule has 0 bridgehead atoms. The Bertz CT molecular complexity index is 664. The molecule has 0 aliphatic rings. The van der Waals surface area contributed by atoms with Gasteiger partial charge in [0.05, 0.1) is 0 Å². The van der Waals surface area contributed by atoms with Crippen LogP contribution < -0.4 is 0 Å². The average Bonchev–Trinajstić information content (AvgIpc) is 2.44. The Morgan fingerprint density at radius 3 is 1.54 bits per heavy atom. The van der Waals surface area contributed by atoms with Crippen molar-refractivity contribution >= 4 is 26.2 Å². The van der Waals surface area contributed by atoms with Crippen molar-refractivity contribution in [2.45, 2.75) is 50.1 Å². The van der Waals surface area contributed by atoms with E-state index in [1.807, 2.05) is 20.8 Å². The van der Waals surface area contributed by atoms with Gasteiger partial charge >= 0.3 is 23.9 Å². The molecule has 1 rings (SSSR count). The van der Waals surface area contributed by atoms with Gasteiger partial charge in [0, 0.05) is 9.66 Å². The van der Waals surface area contributed by atoms with Crippen molar-refractivity contribution in [3.63, 3.8) is 0 Å². The smallest absolute Gasteiger partial charge is 0.195 e. The van der Waals surface area contributed by atoms with Crippen molar-refractivity contribution in [3.8, 4) is 0 Å². The highest BCUT2D eigenvalue weighted by molar-refractivity contribution is 14.1. The summed E-state index contributed by atoms with van der Waals surface area (Å²) >= 11 is 1.18. The lowest BCUT2D eigenvalue weighted by Gasteiger charge is -2.32. The van der Waals surface area contributed by atoms with E-state index in [1.54, 1.807) is 0 Å². The predicted octanol–water partition coefficient (Wildman–Crippen LogP) is 7.23. The van der Waals surface area contributed by atoms with Gasteiger partial charge in [-0.3, -0.25) is 0 Å². The Morgan fingerprint density at radius 1 is 0.769 bits per heavy atom. The van der Waals surface area contributed by atoms with Crippen LogP contribution in [0, 0.1) is 0 Å². The molecule has 10 heteroatoms. The maximum atomic E-state index is 13.6. The van der Waals surface area contributed by atoms with Crippen molar-refractivity contribution in [3.05, 3.63) is 41.5 Å². The lowest BCUT2D eigenvalue weighted by Crippen LogP contribution is -2.60. The molecule has 1 aromatic carbocycles. The van der Waals surface area contributed by atoms with E-state index in [-0.39, 0.29) is 11.0 Å². The van der Waals surface area contributed by atoms with Crippen LogP contribution in [0.15, 0.2) is 30.3 Å². The topological polar surface area (TPSA) is 0 Å². The molecule has 0 heterocycles. The first-order chi connectivity index (χ1) is 11.3. The second-order valence-corrected chi connectivity index (χ2v) is 7.75. The second-order valence-electron chi connectivity index (χ2n) is 6.59. The number of allylic oxidation sites excluding steroid dienone is 1. The molecule has 0 aliphatic carbocycles. The Labute approximate surface area is 157 Å². The molecule has 1 aromatic rings. The van der Waals surface area contributed by atoms with Gasteiger partial charge in [-0.1, -0.05) is 45.0 Å². The van der Waals surface area contributed by atoms with Gasteiger partial charge in [0.1, 0.15) is 0 Å². The minimum Gasteiger partial charge on any atom is -0.195 e. The summed E-state index contributed by atoms with van der Waals surface area (Å²) in [6, 6.07) is 5.61. The van der Waals surface area contributed by atoms with Crippen LogP contribution >= 0.6 is 22.6 Å². The summed E-state index contributed by atoms with van der Waals surface area (Å²) in [6.45, 7) is 5.57. The van der Waals surface area contributed by atoms with Crippen molar-refractivity contribution in [1.82, 2.24) is 0 Å². The largest absolute Gasteiger partial charge is 0.460 e. The Hall–Kier alpha value is -0.940. The SMILES string of the molecule is CC(C)(C)c1ccc(/C(I)=C\C(F)(F)C(F)(F)C(F)(F)C(F)(F)F)cc1. The minimum absolute atomic E-state index is 0.0237. The number of hydrogen-bond acceptors (Lipinski definition) is 0. The van der Waals surface area contributed by atoms with Gasteiger partial charge in [-0.2, -0.15) is 39.5 Å². The maximum absolute atomic E-state index is 13.6.